The van der Waals surface area contributed by atoms with Crippen molar-refractivity contribution in [2.24, 2.45) is 0 Å². The molecule has 0 bridgehead atoms. The van der Waals surface area contributed by atoms with Crippen molar-refractivity contribution < 1.29 is 32.0 Å². The summed E-state index contributed by atoms with van der Waals surface area (Å²) >= 11 is 0. The molecule has 1 aliphatic heterocycles. The molecule has 1 saturated carbocycles. The number of benzene rings is 2. The Morgan fingerprint density at radius 3 is 2.25 bits per heavy atom. The van der Waals surface area contributed by atoms with Gasteiger partial charge in [-0.2, -0.15) is 0 Å². The van der Waals surface area contributed by atoms with Crippen LogP contribution < -0.4 is 4.72 Å². The number of amides is 2. The molecule has 2 aliphatic rings. The minimum Gasteiger partial charge on any atom is -0.324 e. The van der Waals surface area contributed by atoms with Gasteiger partial charge in [0, 0.05) is 6.04 Å². The second-order valence-electron chi connectivity index (χ2n) is 6.37. The Hall–Kier alpha value is -3.11. The van der Waals surface area contributed by atoms with Gasteiger partial charge >= 0.3 is 5.97 Å². The topological polar surface area (TPSA) is 110 Å². The molecule has 2 amide bonds. The summed E-state index contributed by atoms with van der Waals surface area (Å²) in [5, 5.41) is 0.299. The molecule has 1 heterocycles. The van der Waals surface area contributed by atoms with E-state index >= 15 is 0 Å². The molecule has 0 atom stereocenters. The molecule has 10 heteroatoms. The summed E-state index contributed by atoms with van der Waals surface area (Å²) in [6, 6.07) is 8.30. The Bertz CT molecular complexity index is 1090. The van der Waals surface area contributed by atoms with Crippen LogP contribution in [0.3, 0.4) is 0 Å². The van der Waals surface area contributed by atoms with Gasteiger partial charge in [-0.3, -0.25) is 9.59 Å². The molecule has 2 aromatic rings. The Labute approximate surface area is 158 Å². The number of nitrogens with zero attached hydrogens (tertiary/aromatic N) is 1. The molecule has 8 nitrogen and oxygen atoms in total. The van der Waals surface area contributed by atoms with Crippen LogP contribution in [-0.2, 0) is 14.9 Å². The van der Waals surface area contributed by atoms with E-state index in [1.807, 2.05) is 0 Å². The van der Waals surface area contributed by atoms with Crippen molar-refractivity contribution in [3.63, 3.8) is 0 Å². The molecule has 0 saturated heterocycles. The van der Waals surface area contributed by atoms with E-state index in [1.54, 1.807) is 12.1 Å². The van der Waals surface area contributed by atoms with Crippen LogP contribution in [0, 0.1) is 5.82 Å². The number of imide groups is 1. The highest BCUT2D eigenvalue weighted by Gasteiger charge is 2.39. The van der Waals surface area contributed by atoms with Crippen molar-refractivity contribution in [2.45, 2.75) is 23.8 Å². The van der Waals surface area contributed by atoms with Crippen LogP contribution in [0.4, 0.5) is 4.39 Å². The third-order valence-corrected chi connectivity index (χ3v) is 5.82. The van der Waals surface area contributed by atoms with Gasteiger partial charge in [0.05, 0.1) is 16.7 Å². The first-order chi connectivity index (χ1) is 13.3. The van der Waals surface area contributed by atoms with E-state index in [2.05, 4.69) is 4.72 Å². The molecule has 1 N–H and O–H groups in total. The highest BCUT2D eigenvalue weighted by atomic mass is 32.2. The first-order valence-corrected chi connectivity index (χ1v) is 9.78. The number of carbonyl (C=O) groups excluding carboxylic acids is 3. The average molecular weight is 404 g/mol. The van der Waals surface area contributed by atoms with Crippen LogP contribution in [0.25, 0.3) is 0 Å². The molecule has 0 spiro atoms. The van der Waals surface area contributed by atoms with Crippen LogP contribution >= 0.6 is 0 Å². The minimum atomic E-state index is -4.16. The average Bonchev–Trinajstić information content (AvgIpc) is 3.44. The molecule has 0 radical (unpaired) electrons. The fraction of sp³-hybridized carbons (Fsp3) is 0.167. The molecular weight excluding hydrogens is 391 g/mol. The predicted molar refractivity (Wildman–Crippen MR) is 92.1 cm³/mol. The van der Waals surface area contributed by atoms with E-state index in [4.69, 9.17) is 4.84 Å². The zero-order valence-corrected chi connectivity index (χ0v) is 15.0. The van der Waals surface area contributed by atoms with Gasteiger partial charge in [0.2, 0.25) is 10.0 Å². The van der Waals surface area contributed by atoms with Crippen LogP contribution in [0.15, 0.2) is 47.4 Å². The molecule has 4 rings (SSSR count). The molecule has 28 heavy (non-hydrogen) atoms. The Balaban J connectivity index is 1.59. The number of carbonyl (C=O) groups is 3. The van der Waals surface area contributed by atoms with Crippen molar-refractivity contribution in [1.29, 1.82) is 0 Å². The molecule has 0 unspecified atom stereocenters. The molecule has 1 aliphatic carbocycles. The first kappa shape index (κ1) is 18.3. The van der Waals surface area contributed by atoms with Gasteiger partial charge in [-0.05, 0) is 43.2 Å². The zero-order chi connectivity index (χ0) is 20.1. The van der Waals surface area contributed by atoms with Gasteiger partial charge in [-0.15, -0.1) is 0 Å². The summed E-state index contributed by atoms with van der Waals surface area (Å²) in [6.45, 7) is 0. The Kier molecular flexibility index (Phi) is 4.24. The van der Waals surface area contributed by atoms with Gasteiger partial charge < -0.3 is 4.84 Å². The van der Waals surface area contributed by atoms with Crippen molar-refractivity contribution in [1.82, 2.24) is 9.79 Å². The molecule has 1 fully saturated rings. The summed E-state index contributed by atoms with van der Waals surface area (Å²) in [4.78, 5) is 41.0. The maximum atomic E-state index is 14.0. The van der Waals surface area contributed by atoms with Crippen LogP contribution in [-0.4, -0.2) is 37.3 Å². The first-order valence-electron chi connectivity index (χ1n) is 8.30. The van der Waals surface area contributed by atoms with Gasteiger partial charge in [0.25, 0.3) is 11.8 Å². The maximum Gasteiger partial charge on any atom is 0.363 e. The lowest BCUT2D eigenvalue weighted by Gasteiger charge is -2.13. The number of fused-ring (bicyclic) bond motifs is 1. The van der Waals surface area contributed by atoms with Crippen molar-refractivity contribution >= 4 is 27.8 Å². The predicted octanol–water partition coefficient (Wildman–Crippen LogP) is 1.63. The second kappa shape index (κ2) is 6.50. The fourth-order valence-corrected chi connectivity index (χ4v) is 4.11. The van der Waals surface area contributed by atoms with E-state index in [1.165, 1.54) is 12.1 Å². The highest BCUT2D eigenvalue weighted by molar-refractivity contribution is 7.89. The second-order valence-corrected chi connectivity index (χ2v) is 8.05. The van der Waals surface area contributed by atoms with E-state index in [0.717, 1.165) is 18.2 Å². The maximum absolute atomic E-state index is 14.0. The molecule has 144 valence electrons. The highest BCUT2D eigenvalue weighted by Crippen LogP contribution is 2.26. The number of sulfonamides is 1. The zero-order valence-electron chi connectivity index (χ0n) is 14.2. The number of nitrogens with one attached hydrogen (secondary N) is 1. The summed E-state index contributed by atoms with van der Waals surface area (Å²) in [7, 11) is -4.16. The number of halogens is 1. The standard InChI is InChI=1S/C18H13FN2O6S/c19-14-8-5-10(9-15(14)28(25,26)20-11-6-7-11)18(24)27-21-16(22)12-3-1-2-4-13(12)17(21)23/h1-5,8-9,11,20H,6-7H2. The van der Waals surface area contributed by atoms with Crippen molar-refractivity contribution in [2.75, 3.05) is 0 Å². The third kappa shape index (κ3) is 3.16. The summed E-state index contributed by atoms with van der Waals surface area (Å²) < 4.78 is 40.8. The molecule has 2 aromatic carbocycles. The minimum absolute atomic E-state index is 0.0799. The summed E-state index contributed by atoms with van der Waals surface area (Å²) in [5.74, 6) is -3.85. The quantitative estimate of drug-likeness (QED) is 0.759. The monoisotopic (exact) mass is 404 g/mol. The lowest BCUT2D eigenvalue weighted by Crippen LogP contribution is -2.33. The van der Waals surface area contributed by atoms with Gasteiger partial charge in [0.15, 0.2) is 0 Å². The smallest absolute Gasteiger partial charge is 0.324 e. The molecular formula is C18H13FN2O6S. The van der Waals surface area contributed by atoms with E-state index < -0.39 is 38.5 Å². The number of hydrogen-bond donors (Lipinski definition) is 1. The lowest BCUT2D eigenvalue weighted by molar-refractivity contribution is -0.0584. The number of rotatable bonds is 5. The third-order valence-electron chi connectivity index (χ3n) is 4.29. The summed E-state index contributed by atoms with van der Waals surface area (Å²) in [6.07, 6.45) is 1.31. The van der Waals surface area contributed by atoms with E-state index in [0.29, 0.717) is 17.9 Å². The van der Waals surface area contributed by atoms with E-state index in [-0.39, 0.29) is 22.7 Å². The lowest BCUT2D eigenvalue weighted by atomic mass is 10.1. The van der Waals surface area contributed by atoms with Crippen LogP contribution in [0.2, 0.25) is 0 Å². The van der Waals surface area contributed by atoms with Crippen molar-refractivity contribution in [3.8, 4) is 0 Å². The fourth-order valence-electron chi connectivity index (χ4n) is 2.71. The Morgan fingerprint density at radius 1 is 1.07 bits per heavy atom. The van der Waals surface area contributed by atoms with Gasteiger partial charge in [0.1, 0.15) is 10.7 Å². The largest absolute Gasteiger partial charge is 0.363 e. The number of hydrogen-bond acceptors (Lipinski definition) is 6. The summed E-state index contributed by atoms with van der Waals surface area (Å²) in [5.41, 5.74) is -0.165. The van der Waals surface area contributed by atoms with Crippen LogP contribution in [0.5, 0.6) is 0 Å². The van der Waals surface area contributed by atoms with E-state index in [9.17, 15) is 27.2 Å². The van der Waals surface area contributed by atoms with Crippen LogP contribution in [0.1, 0.15) is 43.9 Å². The SMILES string of the molecule is O=C(ON1C(=O)c2ccccc2C1=O)c1ccc(F)c(S(=O)(=O)NC2CC2)c1. The van der Waals surface area contributed by atoms with Crippen molar-refractivity contribution in [3.05, 3.63) is 65.0 Å². The molecule has 0 aromatic heterocycles. The Morgan fingerprint density at radius 2 is 1.68 bits per heavy atom. The van der Waals surface area contributed by atoms with Gasteiger partial charge in [-0.25, -0.2) is 22.3 Å². The normalized spacial score (nSPS) is 16.2. The number of hydroxylamine groups is 2. The van der Waals surface area contributed by atoms with Gasteiger partial charge in [-0.1, -0.05) is 17.2 Å².